The van der Waals surface area contributed by atoms with Crippen molar-refractivity contribution in [3.63, 3.8) is 0 Å². The van der Waals surface area contributed by atoms with Crippen molar-refractivity contribution >= 4 is 71.3 Å². The van der Waals surface area contributed by atoms with Crippen molar-refractivity contribution in [2.24, 2.45) is 9.98 Å². The van der Waals surface area contributed by atoms with Gasteiger partial charge in [-0.05, 0) is 66.9 Å². The fourth-order valence-electron chi connectivity index (χ4n) is 7.24. The highest BCUT2D eigenvalue weighted by Crippen LogP contribution is 2.37. The molecule has 10 rings (SSSR count). The van der Waals surface area contributed by atoms with Gasteiger partial charge >= 0.3 is 0 Å². The number of aliphatic imine (C=N–C) groups is 2. The smallest absolute Gasteiger partial charge is 0.159 e. The molecule has 47 heavy (non-hydrogen) atoms. The number of fused-ring (bicyclic) bond motifs is 9. The average molecular weight is 605 g/mol. The van der Waals surface area contributed by atoms with E-state index in [1.54, 1.807) is 0 Å². The maximum atomic E-state index is 6.29. The van der Waals surface area contributed by atoms with E-state index in [9.17, 15) is 0 Å². The molecule has 0 radical (unpaired) electrons. The Kier molecular flexibility index (Phi) is 5.63. The molecule has 8 aromatic rings. The standard InChI is InChI=1S/C42H28N4O/c1-2-9-28-21-29(15-13-25(28)7-1)40-44-41(46-42(45-40)36-23-43-24-38-39(36)34-11-5-6-12-37(34)47-38)30-16-14-27-18-19-32-31-10-4-3-8-26(31)17-20-33(32)35(27)22-30/h1-23,40,43H,24H2,(H,44,45,46). The third kappa shape index (κ3) is 4.17. The molecule has 1 aromatic heterocycles. The van der Waals surface area contributed by atoms with Gasteiger partial charge in [-0.25, -0.2) is 9.98 Å². The zero-order chi connectivity index (χ0) is 30.9. The molecule has 0 saturated carbocycles. The van der Waals surface area contributed by atoms with E-state index in [0.717, 1.165) is 44.8 Å². The van der Waals surface area contributed by atoms with Crippen LogP contribution in [0.4, 0.5) is 0 Å². The van der Waals surface area contributed by atoms with Gasteiger partial charge < -0.3 is 15.1 Å². The first-order chi connectivity index (χ1) is 23.3. The molecule has 2 N–H and O–H groups in total. The lowest BCUT2D eigenvalue weighted by Crippen LogP contribution is -2.35. The molecule has 0 fully saturated rings. The number of benzene rings is 7. The Balaban J connectivity index is 1.17. The zero-order valence-electron chi connectivity index (χ0n) is 25.4. The van der Waals surface area contributed by atoms with Gasteiger partial charge in [0.05, 0.1) is 6.54 Å². The average Bonchev–Trinajstić information content (AvgIpc) is 3.53. The van der Waals surface area contributed by atoms with Gasteiger partial charge in [0.2, 0.25) is 0 Å². The van der Waals surface area contributed by atoms with E-state index in [-0.39, 0.29) is 6.17 Å². The molecule has 1 atom stereocenters. The van der Waals surface area contributed by atoms with Crippen molar-refractivity contribution in [2.45, 2.75) is 12.7 Å². The fraction of sp³-hybridized carbons (Fsp3) is 0.0476. The van der Waals surface area contributed by atoms with E-state index < -0.39 is 0 Å². The topological polar surface area (TPSA) is 61.9 Å². The summed E-state index contributed by atoms with van der Waals surface area (Å²) in [5.41, 5.74) is 4.96. The molecular weight excluding hydrogens is 576 g/mol. The summed E-state index contributed by atoms with van der Waals surface area (Å²) in [5, 5.41) is 17.9. The van der Waals surface area contributed by atoms with E-state index in [4.69, 9.17) is 14.4 Å². The third-order valence-corrected chi connectivity index (χ3v) is 9.54. The molecule has 2 aliphatic rings. The van der Waals surface area contributed by atoms with Crippen LogP contribution in [0.3, 0.4) is 0 Å². The maximum Gasteiger partial charge on any atom is 0.159 e. The number of hydrogen-bond donors (Lipinski definition) is 2. The molecule has 5 heteroatoms. The van der Waals surface area contributed by atoms with Crippen LogP contribution in [0.5, 0.6) is 0 Å². The van der Waals surface area contributed by atoms with Crippen molar-refractivity contribution in [3.8, 4) is 0 Å². The first-order valence-corrected chi connectivity index (χ1v) is 16.0. The van der Waals surface area contributed by atoms with E-state index >= 15 is 0 Å². The Morgan fingerprint density at radius 1 is 0.596 bits per heavy atom. The maximum absolute atomic E-state index is 6.29. The molecule has 5 nitrogen and oxygen atoms in total. The number of nitrogens with zero attached hydrogens (tertiary/aromatic N) is 2. The van der Waals surface area contributed by atoms with Crippen LogP contribution in [0.1, 0.15) is 28.6 Å². The molecule has 0 saturated heterocycles. The van der Waals surface area contributed by atoms with Crippen LogP contribution < -0.4 is 10.6 Å². The van der Waals surface area contributed by atoms with Crippen LogP contribution in [0.2, 0.25) is 0 Å². The largest absolute Gasteiger partial charge is 0.459 e. The SMILES string of the molecule is C1=C(C2=NC(c3ccc4ccc5c6ccccc6ccc5c4c3)=NC(c3ccc4ccccc4c3)N2)c2c(oc3ccccc23)CN1. The number of nitrogens with one attached hydrogen (secondary N) is 2. The summed E-state index contributed by atoms with van der Waals surface area (Å²) in [6.07, 6.45) is 1.72. The van der Waals surface area contributed by atoms with Gasteiger partial charge in [0.15, 0.2) is 5.84 Å². The van der Waals surface area contributed by atoms with E-state index in [0.29, 0.717) is 12.4 Å². The third-order valence-electron chi connectivity index (χ3n) is 9.54. The molecule has 0 aliphatic carbocycles. The van der Waals surface area contributed by atoms with Gasteiger partial charge in [-0.2, -0.15) is 0 Å². The van der Waals surface area contributed by atoms with Gasteiger partial charge in [0, 0.05) is 28.3 Å². The van der Waals surface area contributed by atoms with E-state index in [2.05, 4.69) is 138 Å². The lowest BCUT2D eigenvalue weighted by atomic mass is 9.95. The zero-order valence-corrected chi connectivity index (χ0v) is 25.4. The second-order valence-corrected chi connectivity index (χ2v) is 12.3. The molecule has 0 spiro atoms. The highest BCUT2D eigenvalue weighted by molar-refractivity contribution is 6.30. The number of furan rings is 1. The minimum absolute atomic E-state index is 0.335. The van der Waals surface area contributed by atoms with Crippen molar-refractivity contribution in [1.82, 2.24) is 10.6 Å². The minimum Gasteiger partial charge on any atom is -0.459 e. The van der Waals surface area contributed by atoms with Crippen LogP contribution in [-0.2, 0) is 6.54 Å². The van der Waals surface area contributed by atoms with Crippen LogP contribution >= 0.6 is 0 Å². The lowest BCUT2D eigenvalue weighted by Gasteiger charge is -2.26. The Bertz CT molecular complexity index is 2680. The monoisotopic (exact) mass is 604 g/mol. The Morgan fingerprint density at radius 2 is 1.30 bits per heavy atom. The van der Waals surface area contributed by atoms with Gasteiger partial charge in [-0.1, -0.05) is 115 Å². The van der Waals surface area contributed by atoms with Crippen LogP contribution in [0, 0.1) is 0 Å². The van der Waals surface area contributed by atoms with Gasteiger partial charge in [-0.15, -0.1) is 0 Å². The predicted molar refractivity (Wildman–Crippen MR) is 194 cm³/mol. The number of rotatable bonds is 3. The van der Waals surface area contributed by atoms with Crippen molar-refractivity contribution in [3.05, 3.63) is 162 Å². The van der Waals surface area contributed by atoms with Gasteiger partial charge in [-0.3, -0.25) is 0 Å². The second kappa shape index (κ2) is 10.2. The van der Waals surface area contributed by atoms with Crippen molar-refractivity contribution in [2.75, 3.05) is 0 Å². The first kappa shape index (κ1) is 26.1. The normalized spacial score (nSPS) is 16.1. The summed E-state index contributed by atoms with van der Waals surface area (Å²) < 4.78 is 6.29. The van der Waals surface area contributed by atoms with E-state index in [1.165, 1.54) is 43.1 Å². The van der Waals surface area contributed by atoms with Gasteiger partial charge in [0.1, 0.15) is 23.3 Å². The van der Waals surface area contributed by atoms with Crippen LogP contribution in [-0.4, -0.2) is 11.7 Å². The Morgan fingerprint density at radius 3 is 2.19 bits per heavy atom. The highest BCUT2D eigenvalue weighted by Gasteiger charge is 2.29. The number of para-hydroxylation sites is 1. The highest BCUT2D eigenvalue weighted by atomic mass is 16.3. The van der Waals surface area contributed by atoms with Crippen LogP contribution in [0.25, 0.3) is 59.6 Å². The summed E-state index contributed by atoms with van der Waals surface area (Å²) in [4.78, 5) is 10.5. The molecular formula is C42H28N4O. The summed E-state index contributed by atoms with van der Waals surface area (Å²) in [5.74, 6) is 2.36. The Labute approximate surface area is 270 Å². The lowest BCUT2D eigenvalue weighted by molar-refractivity contribution is 0.531. The number of hydrogen-bond acceptors (Lipinski definition) is 5. The quantitative estimate of drug-likeness (QED) is 0.197. The predicted octanol–water partition coefficient (Wildman–Crippen LogP) is 9.64. The van der Waals surface area contributed by atoms with Crippen molar-refractivity contribution in [1.29, 1.82) is 0 Å². The Hall–Kier alpha value is -6.20. The second-order valence-electron chi connectivity index (χ2n) is 12.3. The van der Waals surface area contributed by atoms with Crippen LogP contribution in [0.15, 0.2) is 154 Å². The summed E-state index contributed by atoms with van der Waals surface area (Å²) >= 11 is 0. The number of amidine groups is 2. The van der Waals surface area contributed by atoms with Crippen molar-refractivity contribution < 1.29 is 4.42 Å². The first-order valence-electron chi connectivity index (χ1n) is 16.0. The van der Waals surface area contributed by atoms with E-state index in [1.807, 2.05) is 12.1 Å². The minimum atomic E-state index is -0.335. The summed E-state index contributed by atoms with van der Waals surface area (Å²) in [6.45, 7) is 0.627. The molecule has 3 heterocycles. The van der Waals surface area contributed by atoms with Gasteiger partial charge in [0.25, 0.3) is 0 Å². The molecule has 0 bridgehead atoms. The molecule has 1 unspecified atom stereocenters. The molecule has 7 aromatic carbocycles. The summed E-state index contributed by atoms with van der Waals surface area (Å²) in [6, 6.07) is 47.3. The summed E-state index contributed by atoms with van der Waals surface area (Å²) in [7, 11) is 0. The molecule has 0 amide bonds. The fourth-order valence-corrected chi connectivity index (χ4v) is 7.24. The molecule has 222 valence electrons. The molecule has 2 aliphatic heterocycles.